The van der Waals surface area contributed by atoms with Crippen LogP contribution in [0, 0.1) is 0 Å². The highest BCUT2D eigenvalue weighted by Gasteiger charge is 2.23. The minimum Gasteiger partial charge on any atom is -0.373 e. The summed E-state index contributed by atoms with van der Waals surface area (Å²) in [5.41, 5.74) is 1.08. The van der Waals surface area contributed by atoms with Gasteiger partial charge in [-0.2, -0.15) is 0 Å². The Balaban J connectivity index is 1.38. The quantitative estimate of drug-likeness (QED) is 0.827. The van der Waals surface area contributed by atoms with Gasteiger partial charge in [-0.15, -0.1) is 0 Å². The van der Waals surface area contributed by atoms with Gasteiger partial charge in [-0.05, 0) is 30.9 Å². The number of aryl methyl sites for hydroxylation is 1. The highest BCUT2D eigenvalue weighted by molar-refractivity contribution is 5.74. The number of urea groups is 1. The van der Waals surface area contributed by atoms with E-state index in [1.165, 1.54) is 0 Å². The zero-order chi connectivity index (χ0) is 18.2. The zero-order valence-corrected chi connectivity index (χ0v) is 15.3. The van der Waals surface area contributed by atoms with Crippen LogP contribution in [0.4, 0.5) is 4.79 Å². The van der Waals surface area contributed by atoms with Gasteiger partial charge in [-0.3, -0.25) is 4.98 Å². The van der Waals surface area contributed by atoms with Crippen LogP contribution in [0.25, 0.3) is 0 Å². The molecule has 7 nitrogen and oxygen atoms in total. The number of amides is 2. The van der Waals surface area contributed by atoms with E-state index in [-0.39, 0.29) is 12.1 Å². The van der Waals surface area contributed by atoms with E-state index in [4.69, 9.17) is 4.74 Å². The SMILES string of the molecule is CCCn1ccnc1CNC(=O)N1CCC(OCc2cccnc2)CC1. The number of piperidine rings is 1. The average molecular weight is 357 g/mol. The lowest BCUT2D eigenvalue weighted by molar-refractivity contribution is 0.00432. The van der Waals surface area contributed by atoms with Crippen molar-refractivity contribution < 1.29 is 9.53 Å². The van der Waals surface area contributed by atoms with Gasteiger partial charge in [-0.1, -0.05) is 13.0 Å². The lowest BCUT2D eigenvalue weighted by Crippen LogP contribution is -2.45. The van der Waals surface area contributed by atoms with Gasteiger partial charge in [0, 0.05) is 44.4 Å². The topological polar surface area (TPSA) is 72.3 Å². The highest BCUT2D eigenvalue weighted by atomic mass is 16.5. The third kappa shape index (κ3) is 5.05. The van der Waals surface area contributed by atoms with Crippen molar-refractivity contribution >= 4 is 6.03 Å². The van der Waals surface area contributed by atoms with Crippen molar-refractivity contribution in [2.75, 3.05) is 13.1 Å². The molecule has 0 radical (unpaired) electrons. The molecule has 2 aromatic heterocycles. The van der Waals surface area contributed by atoms with Crippen LogP contribution in [-0.2, 0) is 24.4 Å². The number of nitrogens with one attached hydrogen (secondary N) is 1. The van der Waals surface area contributed by atoms with E-state index in [2.05, 4.69) is 26.8 Å². The third-order valence-electron chi connectivity index (χ3n) is 4.60. The first-order chi connectivity index (χ1) is 12.8. The van der Waals surface area contributed by atoms with Gasteiger partial charge in [-0.25, -0.2) is 9.78 Å². The van der Waals surface area contributed by atoms with Crippen LogP contribution >= 0.6 is 0 Å². The molecule has 26 heavy (non-hydrogen) atoms. The Morgan fingerprint density at radius 2 is 2.19 bits per heavy atom. The fourth-order valence-electron chi connectivity index (χ4n) is 3.14. The molecule has 1 fully saturated rings. The molecule has 7 heteroatoms. The summed E-state index contributed by atoms with van der Waals surface area (Å²) in [6.07, 6.45) is 10.3. The van der Waals surface area contributed by atoms with Crippen molar-refractivity contribution in [3.63, 3.8) is 0 Å². The minimum atomic E-state index is -0.0262. The number of hydrogen-bond acceptors (Lipinski definition) is 4. The Morgan fingerprint density at radius 3 is 2.92 bits per heavy atom. The van der Waals surface area contributed by atoms with Gasteiger partial charge in [0.2, 0.25) is 0 Å². The molecule has 2 aromatic rings. The fourth-order valence-corrected chi connectivity index (χ4v) is 3.14. The van der Waals surface area contributed by atoms with Crippen LogP contribution in [0.3, 0.4) is 0 Å². The van der Waals surface area contributed by atoms with Gasteiger partial charge < -0.3 is 19.5 Å². The molecule has 3 rings (SSSR count). The summed E-state index contributed by atoms with van der Waals surface area (Å²) < 4.78 is 8.03. The molecular weight excluding hydrogens is 330 g/mol. The molecule has 0 spiro atoms. The van der Waals surface area contributed by atoms with Crippen molar-refractivity contribution in [2.24, 2.45) is 0 Å². The molecule has 1 N–H and O–H groups in total. The van der Waals surface area contributed by atoms with E-state index in [0.29, 0.717) is 26.2 Å². The largest absolute Gasteiger partial charge is 0.373 e. The van der Waals surface area contributed by atoms with E-state index in [9.17, 15) is 4.79 Å². The molecule has 140 valence electrons. The van der Waals surface area contributed by atoms with Crippen LogP contribution in [0.15, 0.2) is 36.9 Å². The smallest absolute Gasteiger partial charge is 0.317 e. The number of nitrogens with zero attached hydrogens (tertiary/aromatic N) is 4. The average Bonchev–Trinajstić information content (AvgIpc) is 3.13. The van der Waals surface area contributed by atoms with E-state index in [1.807, 2.05) is 29.4 Å². The fraction of sp³-hybridized carbons (Fsp3) is 0.526. The number of pyridine rings is 1. The predicted molar refractivity (Wildman–Crippen MR) is 98.4 cm³/mol. The monoisotopic (exact) mass is 357 g/mol. The molecule has 1 aliphatic rings. The molecule has 2 amide bonds. The predicted octanol–water partition coefficient (Wildman–Crippen LogP) is 2.58. The van der Waals surface area contributed by atoms with E-state index in [1.54, 1.807) is 12.4 Å². The Hall–Kier alpha value is -2.41. The van der Waals surface area contributed by atoms with Gasteiger partial charge in [0.15, 0.2) is 0 Å². The summed E-state index contributed by atoms with van der Waals surface area (Å²) in [7, 11) is 0. The van der Waals surface area contributed by atoms with Gasteiger partial charge in [0.1, 0.15) is 5.82 Å². The first-order valence-electron chi connectivity index (χ1n) is 9.29. The number of carbonyl (C=O) groups excluding carboxylic acids is 1. The second-order valence-electron chi connectivity index (χ2n) is 6.55. The second kappa shape index (κ2) is 9.33. The number of ether oxygens (including phenoxy) is 1. The minimum absolute atomic E-state index is 0.0262. The van der Waals surface area contributed by atoms with Crippen LogP contribution in [0.2, 0.25) is 0 Å². The highest BCUT2D eigenvalue weighted by Crippen LogP contribution is 2.15. The number of carbonyl (C=O) groups is 1. The molecule has 3 heterocycles. The molecule has 0 aromatic carbocycles. The molecule has 0 bridgehead atoms. The Labute approximate surface area is 154 Å². The summed E-state index contributed by atoms with van der Waals surface area (Å²) in [5, 5.41) is 2.98. The lowest BCUT2D eigenvalue weighted by Gasteiger charge is -2.32. The first kappa shape index (κ1) is 18.4. The molecule has 1 aliphatic heterocycles. The van der Waals surface area contributed by atoms with Crippen molar-refractivity contribution in [2.45, 2.75) is 52.0 Å². The molecular formula is C19H27N5O2. The van der Waals surface area contributed by atoms with Crippen molar-refractivity contribution in [3.05, 3.63) is 48.3 Å². The number of rotatable bonds is 7. The molecule has 0 saturated carbocycles. The molecule has 0 atom stereocenters. The van der Waals surface area contributed by atoms with Crippen molar-refractivity contribution in [1.29, 1.82) is 0 Å². The van der Waals surface area contributed by atoms with Gasteiger partial charge in [0.25, 0.3) is 0 Å². The summed E-state index contributed by atoms with van der Waals surface area (Å²) in [6, 6.07) is 3.90. The van der Waals surface area contributed by atoms with Gasteiger partial charge >= 0.3 is 6.03 Å². The van der Waals surface area contributed by atoms with Crippen LogP contribution < -0.4 is 5.32 Å². The van der Waals surface area contributed by atoms with E-state index >= 15 is 0 Å². The Kier molecular flexibility index (Phi) is 6.60. The normalized spacial score (nSPS) is 15.2. The maximum atomic E-state index is 12.4. The maximum absolute atomic E-state index is 12.4. The summed E-state index contributed by atoms with van der Waals surface area (Å²) in [6.45, 7) is 5.52. The van der Waals surface area contributed by atoms with Crippen LogP contribution in [0.1, 0.15) is 37.6 Å². The van der Waals surface area contributed by atoms with E-state index in [0.717, 1.165) is 37.2 Å². The zero-order valence-electron chi connectivity index (χ0n) is 15.3. The molecule has 0 aliphatic carbocycles. The lowest BCUT2D eigenvalue weighted by atomic mass is 10.1. The number of hydrogen-bond donors (Lipinski definition) is 1. The standard InChI is InChI=1S/C19H27N5O2/c1-2-9-23-12-8-21-18(23)14-22-19(25)24-10-5-17(6-11-24)26-15-16-4-3-7-20-13-16/h3-4,7-8,12-13,17H,2,5-6,9-11,14-15H2,1H3,(H,22,25). The number of likely N-dealkylation sites (tertiary alicyclic amines) is 1. The Bertz CT molecular complexity index is 680. The second-order valence-corrected chi connectivity index (χ2v) is 6.55. The molecule has 0 unspecified atom stereocenters. The van der Waals surface area contributed by atoms with Crippen LogP contribution in [0.5, 0.6) is 0 Å². The van der Waals surface area contributed by atoms with Crippen molar-refractivity contribution in [1.82, 2.24) is 24.8 Å². The van der Waals surface area contributed by atoms with Crippen molar-refractivity contribution in [3.8, 4) is 0 Å². The summed E-state index contributed by atoms with van der Waals surface area (Å²) in [5.74, 6) is 0.898. The summed E-state index contributed by atoms with van der Waals surface area (Å²) >= 11 is 0. The third-order valence-corrected chi connectivity index (χ3v) is 4.60. The number of imidazole rings is 1. The van der Waals surface area contributed by atoms with Crippen LogP contribution in [-0.4, -0.2) is 44.7 Å². The van der Waals surface area contributed by atoms with E-state index < -0.39 is 0 Å². The number of aromatic nitrogens is 3. The molecule has 1 saturated heterocycles. The van der Waals surface area contributed by atoms with Gasteiger partial charge in [0.05, 0.1) is 19.3 Å². The first-order valence-corrected chi connectivity index (χ1v) is 9.29. The Morgan fingerprint density at radius 1 is 1.35 bits per heavy atom. The summed E-state index contributed by atoms with van der Waals surface area (Å²) in [4.78, 5) is 22.7. The maximum Gasteiger partial charge on any atom is 0.317 e.